The van der Waals surface area contributed by atoms with Crippen molar-refractivity contribution in [2.75, 3.05) is 11.9 Å². The number of anilines is 1. The van der Waals surface area contributed by atoms with Crippen LogP contribution in [-0.4, -0.2) is 31.1 Å². The molecule has 1 aromatic heterocycles. The SMILES string of the molecule is CCNC(=S)NS(=O)(=O)c1cnccc1NC1CCCCCCC1. The minimum absolute atomic E-state index is 0.0956. The molecule has 0 aliphatic heterocycles. The van der Waals surface area contributed by atoms with Crippen molar-refractivity contribution in [1.29, 1.82) is 0 Å². The third-order valence-electron chi connectivity index (χ3n) is 4.10. The van der Waals surface area contributed by atoms with Gasteiger partial charge in [-0.3, -0.25) is 9.71 Å². The van der Waals surface area contributed by atoms with Crippen LogP contribution in [0.25, 0.3) is 0 Å². The molecule has 134 valence electrons. The van der Waals surface area contributed by atoms with Gasteiger partial charge in [-0.25, -0.2) is 8.42 Å². The summed E-state index contributed by atoms with van der Waals surface area (Å²) in [5, 5.41) is 6.29. The standard InChI is InChI=1S/C16H26N4O2S2/c1-2-18-16(23)20-24(21,22)15-12-17-11-10-14(15)19-13-8-6-4-3-5-7-9-13/h10-13H,2-9H2,1H3,(H,17,19)(H2,18,20,23). The molecular formula is C16H26N4O2S2. The van der Waals surface area contributed by atoms with E-state index in [1.165, 1.54) is 38.3 Å². The first-order valence-electron chi connectivity index (χ1n) is 8.54. The molecule has 0 unspecified atom stereocenters. The monoisotopic (exact) mass is 370 g/mol. The van der Waals surface area contributed by atoms with Gasteiger partial charge in [0.15, 0.2) is 5.11 Å². The Morgan fingerprint density at radius 2 is 1.92 bits per heavy atom. The molecule has 1 saturated carbocycles. The molecule has 8 heteroatoms. The van der Waals surface area contributed by atoms with Crippen molar-refractivity contribution in [3.05, 3.63) is 18.5 Å². The third-order valence-corrected chi connectivity index (χ3v) is 5.86. The fourth-order valence-corrected chi connectivity index (χ4v) is 4.42. The van der Waals surface area contributed by atoms with Crippen LogP contribution in [0.5, 0.6) is 0 Å². The lowest BCUT2D eigenvalue weighted by Crippen LogP contribution is -2.39. The molecule has 1 heterocycles. The number of hydrogen-bond acceptors (Lipinski definition) is 5. The number of rotatable bonds is 5. The van der Waals surface area contributed by atoms with Gasteiger partial charge in [0.25, 0.3) is 10.0 Å². The molecule has 0 spiro atoms. The molecule has 3 N–H and O–H groups in total. The summed E-state index contributed by atoms with van der Waals surface area (Å²) in [6, 6.07) is 2.01. The summed E-state index contributed by atoms with van der Waals surface area (Å²) in [6.45, 7) is 2.41. The molecule has 0 atom stereocenters. The second-order valence-electron chi connectivity index (χ2n) is 6.02. The van der Waals surface area contributed by atoms with Crippen LogP contribution in [-0.2, 0) is 10.0 Å². The van der Waals surface area contributed by atoms with Crippen LogP contribution in [0.15, 0.2) is 23.4 Å². The minimum atomic E-state index is -3.76. The average molecular weight is 371 g/mol. The smallest absolute Gasteiger partial charge is 0.267 e. The highest BCUT2D eigenvalue weighted by Crippen LogP contribution is 2.25. The van der Waals surface area contributed by atoms with Crippen molar-refractivity contribution in [2.24, 2.45) is 0 Å². The van der Waals surface area contributed by atoms with E-state index in [4.69, 9.17) is 12.2 Å². The number of thiocarbonyl (C=S) groups is 1. The summed E-state index contributed by atoms with van der Waals surface area (Å²) in [5.74, 6) is 0. The Balaban J connectivity index is 2.15. The number of nitrogens with zero attached hydrogens (tertiary/aromatic N) is 1. The van der Waals surface area contributed by atoms with Crippen LogP contribution in [0.3, 0.4) is 0 Å². The first kappa shape index (κ1) is 18.9. The third kappa shape index (κ3) is 5.59. The molecule has 0 bridgehead atoms. The maximum absolute atomic E-state index is 12.6. The lowest BCUT2D eigenvalue weighted by atomic mass is 9.96. The van der Waals surface area contributed by atoms with E-state index in [-0.39, 0.29) is 10.0 Å². The van der Waals surface area contributed by atoms with Crippen molar-refractivity contribution < 1.29 is 8.42 Å². The molecule has 1 aromatic rings. The van der Waals surface area contributed by atoms with Gasteiger partial charge in [0, 0.05) is 25.0 Å². The molecule has 6 nitrogen and oxygen atoms in total. The summed E-state index contributed by atoms with van der Waals surface area (Å²) in [7, 11) is -3.76. The molecular weight excluding hydrogens is 344 g/mol. The van der Waals surface area contributed by atoms with E-state index in [9.17, 15) is 8.42 Å². The Morgan fingerprint density at radius 3 is 2.58 bits per heavy atom. The van der Waals surface area contributed by atoms with Crippen molar-refractivity contribution in [1.82, 2.24) is 15.0 Å². The number of pyridine rings is 1. The largest absolute Gasteiger partial charge is 0.381 e. The normalized spacial score (nSPS) is 16.7. The molecule has 2 rings (SSSR count). The number of sulfonamides is 1. The number of hydrogen-bond donors (Lipinski definition) is 3. The molecule has 1 aliphatic carbocycles. The van der Waals surface area contributed by atoms with Gasteiger partial charge in [0.05, 0.1) is 5.69 Å². The van der Waals surface area contributed by atoms with E-state index in [1.807, 2.05) is 6.92 Å². The molecule has 0 saturated heterocycles. The van der Waals surface area contributed by atoms with E-state index in [0.717, 1.165) is 12.8 Å². The Morgan fingerprint density at radius 1 is 1.25 bits per heavy atom. The average Bonchev–Trinajstić information content (AvgIpc) is 2.50. The van der Waals surface area contributed by atoms with Crippen LogP contribution in [0.4, 0.5) is 5.69 Å². The Labute approximate surface area is 149 Å². The molecule has 0 amide bonds. The number of nitrogens with one attached hydrogen (secondary N) is 3. The van der Waals surface area contributed by atoms with Gasteiger partial charge in [-0.2, -0.15) is 0 Å². The molecule has 1 fully saturated rings. The number of aromatic nitrogens is 1. The lowest BCUT2D eigenvalue weighted by Gasteiger charge is -2.23. The van der Waals surface area contributed by atoms with Gasteiger partial charge in [0.2, 0.25) is 0 Å². The van der Waals surface area contributed by atoms with E-state index >= 15 is 0 Å². The second kappa shape index (κ2) is 9.17. The summed E-state index contributed by atoms with van der Waals surface area (Å²) in [4.78, 5) is 4.10. The van der Waals surface area contributed by atoms with Crippen LogP contribution < -0.4 is 15.4 Å². The Kier molecular flexibility index (Phi) is 7.23. The van der Waals surface area contributed by atoms with Crippen LogP contribution in [0.1, 0.15) is 51.9 Å². The van der Waals surface area contributed by atoms with Crippen molar-refractivity contribution in [3.63, 3.8) is 0 Å². The maximum Gasteiger partial charge on any atom is 0.267 e. The van der Waals surface area contributed by atoms with Crippen molar-refractivity contribution in [3.8, 4) is 0 Å². The fraction of sp³-hybridized carbons (Fsp3) is 0.625. The van der Waals surface area contributed by atoms with Crippen molar-refractivity contribution >= 4 is 33.0 Å². The summed E-state index contributed by atoms with van der Waals surface area (Å²) in [5.41, 5.74) is 0.586. The lowest BCUT2D eigenvalue weighted by molar-refractivity contribution is 0.471. The predicted octanol–water partition coefficient (Wildman–Crippen LogP) is 2.78. The van der Waals surface area contributed by atoms with Crippen LogP contribution >= 0.6 is 12.2 Å². The zero-order valence-corrected chi connectivity index (χ0v) is 15.7. The van der Waals surface area contributed by atoms with E-state index in [0.29, 0.717) is 18.3 Å². The van der Waals surface area contributed by atoms with E-state index in [2.05, 4.69) is 20.3 Å². The topological polar surface area (TPSA) is 83.1 Å². The van der Waals surface area contributed by atoms with Crippen molar-refractivity contribution in [2.45, 2.75) is 62.8 Å². The molecule has 0 radical (unpaired) electrons. The van der Waals surface area contributed by atoms with Gasteiger partial charge < -0.3 is 10.6 Å². The zero-order valence-electron chi connectivity index (χ0n) is 14.0. The molecule has 24 heavy (non-hydrogen) atoms. The summed E-state index contributed by atoms with van der Waals surface area (Å²) < 4.78 is 27.6. The van der Waals surface area contributed by atoms with Gasteiger partial charge in [-0.15, -0.1) is 0 Å². The van der Waals surface area contributed by atoms with E-state index < -0.39 is 10.0 Å². The summed E-state index contributed by atoms with van der Waals surface area (Å²) in [6.07, 6.45) is 11.2. The highest BCUT2D eigenvalue weighted by atomic mass is 32.2. The highest BCUT2D eigenvalue weighted by molar-refractivity contribution is 7.92. The zero-order chi connectivity index (χ0) is 17.4. The maximum atomic E-state index is 12.6. The molecule has 1 aliphatic rings. The first-order chi connectivity index (χ1) is 11.5. The van der Waals surface area contributed by atoms with Gasteiger partial charge >= 0.3 is 0 Å². The fourth-order valence-electron chi connectivity index (χ4n) is 2.91. The van der Waals surface area contributed by atoms with Gasteiger partial charge in [0.1, 0.15) is 4.90 Å². The highest BCUT2D eigenvalue weighted by Gasteiger charge is 2.22. The van der Waals surface area contributed by atoms with Gasteiger partial charge in [-0.05, 0) is 38.0 Å². The van der Waals surface area contributed by atoms with E-state index in [1.54, 1.807) is 12.3 Å². The van der Waals surface area contributed by atoms with Crippen LogP contribution in [0, 0.1) is 0 Å². The second-order valence-corrected chi connectivity index (χ2v) is 8.08. The minimum Gasteiger partial charge on any atom is -0.381 e. The first-order valence-corrected chi connectivity index (χ1v) is 10.4. The Hall–Kier alpha value is -1.41. The quantitative estimate of drug-likeness (QED) is 0.691. The van der Waals surface area contributed by atoms with Gasteiger partial charge in [-0.1, -0.05) is 32.1 Å². The van der Waals surface area contributed by atoms with Crippen LogP contribution in [0.2, 0.25) is 0 Å². The molecule has 0 aromatic carbocycles. The summed E-state index contributed by atoms with van der Waals surface area (Å²) >= 11 is 5.00. The Bertz CT molecular complexity index is 641. The predicted molar refractivity (Wildman–Crippen MR) is 101 cm³/mol.